The van der Waals surface area contributed by atoms with Crippen LogP contribution < -0.4 is 42.5 Å². The number of rotatable bonds is 16. The quantitative estimate of drug-likeness (QED) is 0.0933. The number of amides is 8. The lowest BCUT2D eigenvalue weighted by Crippen LogP contribution is -2.59. The second kappa shape index (κ2) is 25.4. The summed E-state index contributed by atoms with van der Waals surface area (Å²) in [6.45, 7) is 14.6. The normalized spacial score (nSPS) is 22.9. The third kappa shape index (κ3) is 14.1. The Labute approximate surface area is 460 Å². The Bertz CT molecular complexity index is 2500. The molecular weight excluding hydrogens is 989 g/mol. The van der Waals surface area contributed by atoms with Gasteiger partial charge in [-0.3, -0.25) is 38.4 Å². The van der Waals surface area contributed by atoms with Gasteiger partial charge in [-0.25, -0.2) is 0 Å². The van der Waals surface area contributed by atoms with Crippen LogP contribution in [0.2, 0.25) is 0 Å². The predicted octanol–water partition coefficient (Wildman–Crippen LogP) is 4.53. The smallest absolute Gasteiger partial charge is 0.251 e. The molecular formula is C60H84N10O8. The molecule has 18 heteroatoms. The maximum atomic E-state index is 14.7. The van der Waals surface area contributed by atoms with E-state index in [0.29, 0.717) is 0 Å². The number of hydrogen-bond acceptors (Lipinski definition) is 10. The minimum Gasteiger partial charge on any atom is -0.347 e. The van der Waals surface area contributed by atoms with E-state index in [1.165, 1.54) is 45.2 Å². The molecule has 0 saturated carbocycles. The molecule has 10 unspecified atom stereocenters. The van der Waals surface area contributed by atoms with Crippen molar-refractivity contribution in [3.63, 3.8) is 0 Å². The maximum absolute atomic E-state index is 14.7. The Morgan fingerprint density at radius 3 is 1.21 bits per heavy atom. The van der Waals surface area contributed by atoms with E-state index in [2.05, 4.69) is 54.7 Å². The van der Waals surface area contributed by atoms with Gasteiger partial charge in [0.25, 0.3) is 11.8 Å². The molecule has 18 nitrogen and oxygen atoms in total. The van der Waals surface area contributed by atoms with E-state index in [-0.39, 0.29) is 72.8 Å². The molecule has 7 rings (SSSR count). The van der Waals surface area contributed by atoms with E-state index in [9.17, 15) is 38.4 Å². The number of nitrogens with one attached hydrogen (secondary N) is 8. The molecule has 0 spiro atoms. The van der Waals surface area contributed by atoms with Crippen LogP contribution in [0, 0.1) is 10.8 Å². The van der Waals surface area contributed by atoms with E-state index in [4.69, 9.17) is 0 Å². The van der Waals surface area contributed by atoms with Crippen molar-refractivity contribution in [2.75, 3.05) is 27.2 Å². The summed E-state index contributed by atoms with van der Waals surface area (Å²) in [6.07, 6.45) is 7.37. The van der Waals surface area contributed by atoms with E-state index in [1.54, 1.807) is 27.9 Å². The van der Waals surface area contributed by atoms with Gasteiger partial charge in [0.15, 0.2) is 0 Å². The molecule has 0 bridgehead atoms. The van der Waals surface area contributed by atoms with Crippen molar-refractivity contribution in [2.45, 2.75) is 180 Å². The summed E-state index contributed by atoms with van der Waals surface area (Å²) in [7, 11) is 3.32. The van der Waals surface area contributed by atoms with Gasteiger partial charge in [0.05, 0.1) is 24.2 Å². The fourth-order valence-corrected chi connectivity index (χ4v) is 11.3. The molecule has 0 radical (unpaired) electrons. The Balaban J connectivity index is 1.07. The molecule has 78 heavy (non-hydrogen) atoms. The van der Waals surface area contributed by atoms with Crippen molar-refractivity contribution in [1.82, 2.24) is 52.3 Å². The highest BCUT2D eigenvalue weighted by atomic mass is 16.2. The second-order valence-electron chi connectivity index (χ2n) is 24.0. The van der Waals surface area contributed by atoms with Crippen LogP contribution in [0.3, 0.4) is 0 Å². The Kier molecular flexibility index (Phi) is 19.2. The van der Waals surface area contributed by atoms with Gasteiger partial charge in [0, 0.05) is 36.3 Å². The number of fused-ring (bicyclic) bond motifs is 2. The highest BCUT2D eigenvalue weighted by Crippen LogP contribution is 2.33. The minimum absolute atomic E-state index is 0.0141. The topological polar surface area (TPSA) is 239 Å². The second-order valence-corrected chi connectivity index (χ2v) is 24.0. The average Bonchev–Trinajstić information content (AvgIpc) is 3.98. The Morgan fingerprint density at radius 2 is 0.859 bits per heavy atom. The summed E-state index contributed by atoms with van der Waals surface area (Å²) in [4.78, 5) is 116. The molecule has 10 atom stereocenters. The summed E-state index contributed by atoms with van der Waals surface area (Å²) >= 11 is 0. The predicted molar refractivity (Wildman–Crippen MR) is 299 cm³/mol. The molecule has 2 saturated heterocycles. The molecule has 3 aromatic rings. The molecule has 422 valence electrons. The van der Waals surface area contributed by atoms with E-state index >= 15 is 0 Å². The third-order valence-corrected chi connectivity index (χ3v) is 16.2. The number of hydrogen-bond donors (Lipinski definition) is 8. The summed E-state index contributed by atoms with van der Waals surface area (Å²) in [5, 5.41) is 24.3. The summed E-state index contributed by atoms with van der Waals surface area (Å²) < 4.78 is 0. The zero-order valence-corrected chi connectivity index (χ0v) is 47.3. The maximum Gasteiger partial charge on any atom is 0.251 e. The number of benzene rings is 3. The molecule has 8 N–H and O–H groups in total. The van der Waals surface area contributed by atoms with E-state index < -0.39 is 82.8 Å². The first-order chi connectivity index (χ1) is 37.0. The van der Waals surface area contributed by atoms with Gasteiger partial charge in [0.2, 0.25) is 35.4 Å². The molecule has 4 aliphatic rings. The van der Waals surface area contributed by atoms with Crippen LogP contribution in [-0.2, 0) is 41.6 Å². The molecule has 0 aromatic heterocycles. The fraction of sp³-hybridized carbons (Fsp3) is 0.567. The van der Waals surface area contributed by atoms with Gasteiger partial charge in [-0.15, -0.1) is 0 Å². The van der Waals surface area contributed by atoms with Crippen molar-refractivity contribution in [1.29, 1.82) is 0 Å². The summed E-state index contributed by atoms with van der Waals surface area (Å²) in [6, 6.07) is 15.5. The van der Waals surface area contributed by atoms with Crippen molar-refractivity contribution in [2.24, 2.45) is 10.8 Å². The van der Waals surface area contributed by atoms with Crippen LogP contribution >= 0.6 is 0 Å². The Hall–Kier alpha value is -6.66. The number of carbonyl (C=O) groups excluding carboxylic acids is 8. The molecule has 2 aliphatic heterocycles. The molecule has 8 amide bonds. The van der Waals surface area contributed by atoms with Gasteiger partial charge >= 0.3 is 0 Å². The zero-order chi connectivity index (χ0) is 56.6. The summed E-state index contributed by atoms with van der Waals surface area (Å²) in [5.41, 5.74) is 3.48. The molecule has 3 aromatic carbocycles. The number of nitrogens with zero attached hydrogens (tertiary/aromatic N) is 2. The lowest BCUT2D eigenvalue weighted by atomic mass is 9.85. The first-order valence-corrected chi connectivity index (χ1v) is 28.0. The first-order valence-electron chi connectivity index (χ1n) is 28.0. The van der Waals surface area contributed by atoms with Crippen LogP contribution in [-0.4, -0.2) is 133 Å². The van der Waals surface area contributed by atoms with E-state index in [0.717, 1.165) is 62.5 Å². The van der Waals surface area contributed by atoms with Crippen molar-refractivity contribution >= 4 is 47.3 Å². The van der Waals surface area contributed by atoms with Crippen LogP contribution in [0.5, 0.6) is 0 Å². The zero-order valence-electron chi connectivity index (χ0n) is 47.3. The number of aryl methyl sites for hydroxylation is 2. The first kappa shape index (κ1) is 59.0. The lowest BCUT2D eigenvalue weighted by molar-refractivity contribution is -0.144. The van der Waals surface area contributed by atoms with Gasteiger partial charge in [-0.2, -0.15) is 0 Å². The standard InChI is InChI=1S/C60H84N10O8/c1-35(61-9)51(71)67-49(59(3,4)5)57(77)69-33-41(31-47(69)55(75)65-45-25-17-13-21-37-19-11-15-23-43(37)45)63-53(73)39-27-29-40(30-28-39)54(74)64-42-32-48(56(76)66-46-26-18-14-22-38-20-12-16-24-44(38)46)70(34-42)58(78)50(60(6,7)8)68-52(72)36(2)62-10/h11-12,15-16,19-20,23-24,27-30,35-36,41-42,45-50,61-62H,13-14,17-18,21-22,25-26,31-34H2,1-10H3,(H,63,73)(H,64,74)(H,65,75)(H,66,76)(H,67,71)(H,68,72). The third-order valence-electron chi connectivity index (χ3n) is 16.2. The van der Waals surface area contributed by atoms with Crippen LogP contribution in [0.15, 0.2) is 72.8 Å². The molecule has 2 fully saturated rings. The number of likely N-dealkylation sites (N-methyl/N-ethyl adjacent to an activating group) is 2. The van der Waals surface area contributed by atoms with Crippen molar-refractivity contribution in [3.05, 3.63) is 106 Å². The molecule has 2 aliphatic carbocycles. The SMILES string of the molecule is CNC(C)C(=O)NC(C(=O)N1CC(NC(=O)c2ccc(C(=O)NC3CC(C(=O)NC4CCCCc5ccccc54)N(C(=O)C(NC(=O)C(C)NC)C(C)(C)C)C3)cc2)CC1C(=O)NC1CCCCc2ccccc21)C(C)(C)C. The van der Waals surface area contributed by atoms with Crippen LogP contribution in [0.4, 0.5) is 0 Å². The van der Waals surface area contributed by atoms with Gasteiger partial charge in [0.1, 0.15) is 24.2 Å². The number of carbonyl (C=O) groups is 8. The number of likely N-dealkylation sites (tertiary alicyclic amines) is 2. The average molecular weight is 1070 g/mol. The van der Waals surface area contributed by atoms with Crippen molar-refractivity contribution in [3.8, 4) is 0 Å². The van der Waals surface area contributed by atoms with Gasteiger partial charge in [-0.1, -0.05) is 103 Å². The molecule has 2 heterocycles. The van der Waals surface area contributed by atoms with Crippen LogP contribution in [0.25, 0.3) is 0 Å². The van der Waals surface area contributed by atoms with Gasteiger partial charge < -0.3 is 52.3 Å². The van der Waals surface area contributed by atoms with Crippen LogP contribution in [0.1, 0.15) is 162 Å². The minimum atomic E-state index is -0.983. The largest absolute Gasteiger partial charge is 0.347 e. The summed E-state index contributed by atoms with van der Waals surface area (Å²) in [5.74, 6) is -3.21. The highest BCUT2D eigenvalue weighted by Gasteiger charge is 2.48. The fourth-order valence-electron chi connectivity index (χ4n) is 11.3. The van der Waals surface area contributed by atoms with Crippen molar-refractivity contribution < 1.29 is 38.4 Å². The Morgan fingerprint density at radius 1 is 0.500 bits per heavy atom. The monoisotopic (exact) mass is 1070 g/mol. The lowest BCUT2D eigenvalue weighted by Gasteiger charge is -2.36. The van der Waals surface area contributed by atoms with E-state index in [1.807, 2.05) is 77.9 Å². The van der Waals surface area contributed by atoms with Gasteiger partial charge in [-0.05, 0) is 137 Å². The highest BCUT2D eigenvalue weighted by molar-refractivity contribution is 5.99.